The summed E-state index contributed by atoms with van der Waals surface area (Å²) in [5.74, 6) is 0.114. The van der Waals surface area contributed by atoms with Gasteiger partial charge in [0.15, 0.2) is 0 Å². The molecule has 5 heteroatoms. The summed E-state index contributed by atoms with van der Waals surface area (Å²) in [6.07, 6.45) is 0.627. The van der Waals surface area contributed by atoms with Crippen molar-refractivity contribution in [2.45, 2.75) is 4.90 Å². The molecule has 0 N–H and O–H groups in total. The number of hydrogen-bond acceptors (Lipinski definition) is 4. The highest BCUT2D eigenvalue weighted by molar-refractivity contribution is 7.87. The number of carbonyl (C=O) groups is 1. The standard InChI is InChI=1S/C13H10O4S/c14-10-11-5-4-6-12(9-11)17-18(15,16)13-7-2-1-3-8-13/h1-10H. The van der Waals surface area contributed by atoms with Crippen molar-refractivity contribution < 1.29 is 17.4 Å². The largest absolute Gasteiger partial charge is 0.379 e. The molecule has 0 saturated heterocycles. The van der Waals surface area contributed by atoms with Crippen LogP contribution < -0.4 is 4.18 Å². The first-order chi connectivity index (χ1) is 8.62. The highest BCUT2D eigenvalue weighted by atomic mass is 32.2. The summed E-state index contributed by atoms with van der Waals surface area (Å²) < 4.78 is 28.7. The van der Waals surface area contributed by atoms with Gasteiger partial charge in [0.05, 0.1) is 0 Å². The molecule has 0 aliphatic rings. The summed E-state index contributed by atoms with van der Waals surface area (Å²) >= 11 is 0. The molecule has 0 aliphatic heterocycles. The Morgan fingerprint density at radius 2 is 1.67 bits per heavy atom. The zero-order valence-corrected chi connectivity index (χ0v) is 10.1. The highest BCUT2D eigenvalue weighted by Crippen LogP contribution is 2.18. The molecule has 0 radical (unpaired) electrons. The molecule has 0 amide bonds. The van der Waals surface area contributed by atoms with Gasteiger partial charge < -0.3 is 4.18 Å². The maximum Gasteiger partial charge on any atom is 0.339 e. The van der Waals surface area contributed by atoms with Crippen LogP contribution in [0.3, 0.4) is 0 Å². The van der Waals surface area contributed by atoms with E-state index in [1.54, 1.807) is 30.3 Å². The average molecular weight is 262 g/mol. The molecule has 0 saturated carbocycles. The van der Waals surface area contributed by atoms with Gasteiger partial charge in [-0.15, -0.1) is 0 Å². The van der Waals surface area contributed by atoms with E-state index in [1.165, 1.54) is 24.3 Å². The predicted molar refractivity (Wildman–Crippen MR) is 66.1 cm³/mol. The first kappa shape index (κ1) is 12.3. The molecule has 0 unspecified atom stereocenters. The van der Waals surface area contributed by atoms with Crippen LogP contribution in [0.2, 0.25) is 0 Å². The SMILES string of the molecule is O=Cc1cccc(OS(=O)(=O)c2ccccc2)c1. The van der Waals surface area contributed by atoms with Gasteiger partial charge in [-0.1, -0.05) is 30.3 Å². The maximum atomic E-state index is 11.9. The maximum absolute atomic E-state index is 11.9. The van der Waals surface area contributed by atoms with Crippen LogP contribution in [-0.2, 0) is 10.1 Å². The van der Waals surface area contributed by atoms with Crippen molar-refractivity contribution in [2.75, 3.05) is 0 Å². The quantitative estimate of drug-likeness (QED) is 0.626. The highest BCUT2D eigenvalue weighted by Gasteiger charge is 2.15. The fraction of sp³-hybridized carbons (Fsp3) is 0. The normalized spacial score (nSPS) is 10.9. The molecular formula is C13H10O4S. The summed E-state index contributed by atoms with van der Waals surface area (Å²) in [6.45, 7) is 0. The smallest absolute Gasteiger partial charge is 0.339 e. The molecule has 2 aromatic rings. The zero-order valence-electron chi connectivity index (χ0n) is 9.31. The van der Waals surface area contributed by atoms with Crippen LogP contribution in [0.5, 0.6) is 5.75 Å². The molecule has 0 heterocycles. The second kappa shape index (κ2) is 5.01. The van der Waals surface area contributed by atoms with Gasteiger partial charge in [0, 0.05) is 5.56 Å². The summed E-state index contributed by atoms with van der Waals surface area (Å²) in [4.78, 5) is 10.7. The molecule has 4 nitrogen and oxygen atoms in total. The van der Waals surface area contributed by atoms with E-state index in [-0.39, 0.29) is 10.6 Å². The van der Waals surface area contributed by atoms with Gasteiger partial charge in [-0.05, 0) is 24.3 Å². The lowest BCUT2D eigenvalue weighted by molar-refractivity contribution is 0.112. The third kappa shape index (κ3) is 2.75. The third-order valence-electron chi connectivity index (χ3n) is 2.23. The molecular weight excluding hydrogens is 252 g/mol. The van der Waals surface area contributed by atoms with E-state index in [0.717, 1.165) is 0 Å². The minimum atomic E-state index is -3.85. The molecule has 92 valence electrons. The minimum Gasteiger partial charge on any atom is -0.379 e. The van der Waals surface area contributed by atoms with Crippen LogP contribution >= 0.6 is 0 Å². The van der Waals surface area contributed by atoms with E-state index in [4.69, 9.17) is 4.18 Å². The molecule has 0 atom stereocenters. The van der Waals surface area contributed by atoms with E-state index >= 15 is 0 Å². The Labute approximate surface area is 105 Å². The Morgan fingerprint density at radius 3 is 2.33 bits per heavy atom. The minimum absolute atomic E-state index is 0.0708. The van der Waals surface area contributed by atoms with Gasteiger partial charge in [-0.25, -0.2) is 0 Å². The van der Waals surface area contributed by atoms with Crippen molar-refractivity contribution in [1.82, 2.24) is 0 Å². The Bertz CT molecular complexity index is 648. The van der Waals surface area contributed by atoms with Crippen molar-refractivity contribution in [1.29, 1.82) is 0 Å². The lowest BCUT2D eigenvalue weighted by Crippen LogP contribution is -2.09. The molecule has 0 fully saturated rings. The van der Waals surface area contributed by atoms with Gasteiger partial charge in [-0.2, -0.15) is 8.42 Å². The van der Waals surface area contributed by atoms with Gasteiger partial charge in [0.1, 0.15) is 16.9 Å². The van der Waals surface area contributed by atoms with E-state index in [1.807, 2.05) is 0 Å². The second-order valence-electron chi connectivity index (χ2n) is 3.54. The van der Waals surface area contributed by atoms with Crippen LogP contribution in [0.25, 0.3) is 0 Å². The van der Waals surface area contributed by atoms with Gasteiger partial charge in [0.25, 0.3) is 0 Å². The van der Waals surface area contributed by atoms with Crippen LogP contribution in [0.4, 0.5) is 0 Å². The van der Waals surface area contributed by atoms with Gasteiger partial charge >= 0.3 is 10.1 Å². The molecule has 0 aliphatic carbocycles. The van der Waals surface area contributed by atoms with Crippen LogP contribution in [0.15, 0.2) is 59.5 Å². The Morgan fingerprint density at radius 1 is 0.944 bits per heavy atom. The number of carbonyl (C=O) groups excluding carboxylic acids is 1. The summed E-state index contributed by atoms with van der Waals surface area (Å²) in [7, 11) is -3.85. The van der Waals surface area contributed by atoms with Crippen molar-refractivity contribution >= 4 is 16.4 Å². The number of aldehydes is 1. The van der Waals surface area contributed by atoms with Crippen molar-refractivity contribution in [3.8, 4) is 5.75 Å². The van der Waals surface area contributed by atoms with E-state index in [2.05, 4.69) is 0 Å². The average Bonchev–Trinajstić information content (AvgIpc) is 2.39. The lowest BCUT2D eigenvalue weighted by atomic mass is 10.2. The first-order valence-electron chi connectivity index (χ1n) is 5.16. The fourth-order valence-electron chi connectivity index (χ4n) is 1.40. The summed E-state index contributed by atoms with van der Waals surface area (Å²) in [5, 5.41) is 0. The van der Waals surface area contributed by atoms with Crippen molar-refractivity contribution in [3.63, 3.8) is 0 Å². The molecule has 18 heavy (non-hydrogen) atoms. The number of hydrogen-bond donors (Lipinski definition) is 0. The topological polar surface area (TPSA) is 60.4 Å². The summed E-state index contributed by atoms with van der Waals surface area (Å²) in [5.41, 5.74) is 0.357. The lowest BCUT2D eigenvalue weighted by Gasteiger charge is -2.06. The Kier molecular flexibility index (Phi) is 3.43. The predicted octanol–water partition coefficient (Wildman–Crippen LogP) is 2.27. The molecule has 2 rings (SSSR count). The van der Waals surface area contributed by atoms with Gasteiger partial charge in [-0.3, -0.25) is 4.79 Å². The summed E-state index contributed by atoms with van der Waals surface area (Å²) in [6, 6.07) is 13.8. The van der Waals surface area contributed by atoms with E-state index in [9.17, 15) is 13.2 Å². The Balaban J connectivity index is 2.31. The second-order valence-corrected chi connectivity index (χ2v) is 5.09. The van der Waals surface area contributed by atoms with Gasteiger partial charge in [0.2, 0.25) is 0 Å². The molecule has 0 aromatic heterocycles. The van der Waals surface area contributed by atoms with E-state index < -0.39 is 10.1 Å². The molecule has 0 spiro atoms. The Hall–Kier alpha value is -2.14. The van der Waals surface area contributed by atoms with Crippen LogP contribution in [0.1, 0.15) is 10.4 Å². The zero-order chi connectivity index (χ0) is 13.0. The number of benzene rings is 2. The molecule has 0 bridgehead atoms. The fourth-order valence-corrected chi connectivity index (χ4v) is 2.35. The van der Waals surface area contributed by atoms with Crippen molar-refractivity contribution in [2.24, 2.45) is 0 Å². The molecule has 2 aromatic carbocycles. The van der Waals surface area contributed by atoms with Crippen molar-refractivity contribution in [3.05, 3.63) is 60.2 Å². The number of rotatable bonds is 4. The first-order valence-corrected chi connectivity index (χ1v) is 6.57. The van der Waals surface area contributed by atoms with E-state index in [0.29, 0.717) is 11.8 Å². The van der Waals surface area contributed by atoms with Crippen LogP contribution in [-0.4, -0.2) is 14.7 Å². The third-order valence-corrected chi connectivity index (χ3v) is 3.49. The monoisotopic (exact) mass is 262 g/mol. The van der Waals surface area contributed by atoms with Crippen LogP contribution in [0, 0.1) is 0 Å².